The summed E-state index contributed by atoms with van der Waals surface area (Å²) in [6.07, 6.45) is 1.48. The largest absolute Gasteiger partial charge is 0.444 e. The number of hydrogen-bond acceptors (Lipinski definition) is 3. The Morgan fingerprint density at radius 1 is 1.31 bits per heavy atom. The SMILES string of the molecule is CCNC(=NCc1nc(C)c(C)o1)NCCCc1ccc(Br)cc1F.I. The average molecular weight is 539 g/mol. The minimum atomic E-state index is -0.176. The second kappa shape index (κ2) is 11.5. The number of hydrogen-bond donors (Lipinski definition) is 2. The molecule has 8 heteroatoms. The van der Waals surface area contributed by atoms with E-state index in [0.717, 1.165) is 34.5 Å². The summed E-state index contributed by atoms with van der Waals surface area (Å²) in [6, 6.07) is 5.16. The lowest BCUT2D eigenvalue weighted by Crippen LogP contribution is -2.37. The normalized spacial score (nSPS) is 11.2. The first-order valence-electron chi connectivity index (χ1n) is 8.38. The molecule has 26 heavy (non-hydrogen) atoms. The standard InChI is InChI=1S/C18H24BrFN4O.HI/c1-4-21-18(23-11-17-24-12(2)13(3)25-17)22-9-5-6-14-7-8-15(19)10-16(14)20;/h7-8,10H,4-6,9,11H2,1-3H3,(H2,21,22,23);1H. The second-order valence-electron chi connectivity index (χ2n) is 5.71. The third kappa shape index (κ3) is 7.22. The van der Waals surface area contributed by atoms with Crippen LogP contribution in [0.5, 0.6) is 0 Å². The van der Waals surface area contributed by atoms with Gasteiger partial charge in [0, 0.05) is 17.6 Å². The third-order valence-corrected chi connectivity index (χ3v) is 4.21. The molecule has 0 saturated carbocycles. The first-order valence-corrected chi connectivity index (χ1v) is 9.18. The monoisotopic (exact) mass is 538 g/mol. The van der Waals surface area contributed by atoms with Gasteiger partial charge in [0.05, 0.1) is 5.69 Å². The zero-order valence-electron chi connectivity index (χ0n) is 15.2. The molecule has 0 radical (unpaired) electrons. The number of rotatable bonds is 7. The van der Waals surface area contributed by atoms with Crippen LogP contribution in [0.3, 0.4) is 0 Å². The van der Waals surface area contributed by atoms with Crippen LogP contribution in [0, 0.1) is 19.7 Å². The van der Waals surface area contributed by atoms with Gasteiger partial charge in [0.1, 0.15) is 18.1 Å². The van der Waals surface area contributed by atoms with Gasteiger partial charge in [0.15, 0.2) is 5.96 Å². The van der Waals surface area contributed by atoms with E-state index in [2.05, 4.69) is 36.5 Å². The molecule has 1 heterocycles. The summed E-state index contributed by atoms with van der Waals surface area (Å²) < 4.78 is 20.1. The van der Waals surface area contributed by atoms with Gasteiger partial charge in [0.25, 0.3) is 0 Å². The van der Waals surface area contributed by atoms with Gasteiger partial charge in [-0.1, -0.05) is 22.0 Å². The number of nitrogens with one attached hydrogen (secondary N) is 2. The van der Waals surface area contributed by atoms with E-state index in [4.69, 9.17) is 4.42 Å². The van der Waals surface area contributed by atoms with Crippen molar-refractivity contribution < 1.29 is 8.81 Å². The van der Waals surface area contributed by atoms with Crippen molar-refractivity contribution in [3.8, 4) is 0 Å². The zero-order chi connectivity index (χ0) is 18.2. The molecule has 0 amide bonds. The van der Waals surface area contributed by atoms with Crippen molar-refractivity contribution in [2.24, 2.45) is 4.99 Å². The first-order chi connectivity index (χ1) is 12.0. The van der Waals surface area contributed by atoms with Gasteiger partial charge < -0.3 is 15.1 Å². The van der Waals surface area contributed by atoms with Gasteiger partial charge in [-0.15, -0.1) is 24.0 Å². The lowest BCUT2D eigenvalue weighted by atomic mass is 10.1. The van der Waals surface area contributed by atoms with E-state index < -0.39 is 0 Å². The third-order valence-electron chi connectivity index (χ3n) is 3.72. The van der Waals surface area contributed by atoms with Gasteiger partial charge in [-0.25, -0.2) is 14.4 Å². The van der Waals surface area contributed by atoms with Crippen molar-refractivity contribution in [3.63, 3.8) is 0 Å². The van der Waals surface area contributed by atoms with Gasteiger partial charge in [-0.05, 0) is 51.3 Å². The zero-order valence-corrected chi connectivity index (χ0v) is 19.2. The highest BCUT2D eigenvalue weighted by atomic mass is 127. The molecule has 1 aromatic carbocycles. The van der Waals surface area contributed by atoms with Crippen molar-refractivity contribution in [3.05, 3.63) is 51.4 Å². The van der Waals surface area contributed by atoms with Crippen molar-refractivity contribution in [2.45, 2.75) is 40.2 Å². The van der Waals surface area contributed by atoms with Crippen LogP contribution in [0.25, 0.3) is 0 Å². The van der Waals surface area contributed by atoms with E-state index in [9.17, 15) is 4.39 Å². The minimum absolute atomic E-state index is 0. The van der Waals surface area contributed by atoms with Crippen LogP contribution < -0.4 is 10.6 Å². The lowest BCUT2D eigenvalue weighted by molar-refractivity contribution is 0.472. The molecule has 144 valence electrons. The molecule has 0 aliphatic heterocycles. The number of guanidine groups is 1. The molecule has 5 nitrogen and oxygen atoms in total. The Kier molecular flexibility index (Phi) is 10.1. The summed E-state index contributed by atoms with van der Waals surface area (Å²) in [7, 11) is 0. The topological polar surface area (TPSA) is 62.5 Å². The fourth-order valence-electron chi connectivity index (χ4n) is 2.31. The Balaban J connectivity index is 0.00000338. The lowest BCUT2D eigenvalue weighted by Gasteiger charge is -2.11. The molecule has 0 fully saturated rings. The molecule has 0 bridgehead atoms. The van der Waals surface area contributed by atoms with Crippen LogP contribution in [-0.4, -0.2) is 24.0 Å². The van der Waals surface area contributed by atoms with Crippen LogP contribution in [-0.2, 0) is 13.0 Å². The second-order valence-corrected chi connectivity index (χ2v) is 6.63. The summed E-state index contributed by atoms with van der Waals surface area (Å²) in [4.78, 5) is 8.79. The molecule has 0 aliphatic rings. The summed E-state index contributed by atoms with van der Waals surface area (Å²) in [5, 5.41) is 6.43. The van der Waals surface area contributed by atoms with Crippen molar-refractivity contribution in [1.82, 2.24) is 15.6 Å². The Morgan fingerprint density at radius 3 is 2.69 bits per heavy atom. The molecule has 0 saturated heterocycles. The highest BCUT2D eigenvalue weighted by Gasteiger charge is 2.06. The smallest absolute Gasteiger partial charge is 0.216 e. The predicted molar refractivity (Wildman–Crippen MR) is 117 cm³/mol. The Bertz CT molecular complexity index is 716. The maximum absolute atomic E-state index is 13.8. The number of nitrogens with zero attached hydrogens (tertiary/aromatic N) is 2. The number of aromatic nitrogens is 1. The van der Waals surface area contributed by atoms with Crippen LogP contribution in [0.2, 0.25) is 0 Å². The average Bonchev–Trinajstić information content (AvgIpc) is 2.89. The van der Waals surface area contributed by atoms with E-state index >= 15 is 0 Å². The van der Waals surface area contributed by atoms with Crippen LogP contribution >= 0.6 is 39.9 Å². The van der Waals surface area contributed by atoms with Crippen molar-refractivity contribution in [2.75, 3.05) is 13.1 Å². The number of aliphatic imine (C=N–C) groups is 1. The van der Waals surface area contributed by atoms with E-state index in [-0.39, 0.29) is 29.8 Å². The molecule has 0 atom stereocenters. The quantitative estimate of drug-likeness (QED) is 0.236. The summed E-state index contributed by atoms with van der Waals surface area (Å²) in [5.74, 6) is 1.95. The molecule has 2 N–H and O–H groups in total. The summed E-state index contributed by atoms with van der Waals surface area (Å²) in [5.41, 5.74) is 1.61. The van der Waals surface area contributed by atoms with Gasteiger partial charge >= 0.3 is 0 Å². The highest BCUT2D eigenvalue weighted by Crippen LogP contribution is 2.16. The van der Waals surface area contributed by atoms with E-state index in [1.807, 2.05) is 32.9 Å². The van der Waals surface area contributed by atoms with Gasteiger partial charge in [0.2, 0.25) is 5.89 Å². The van der Waals surface area contributed by atoms with Crippen LogP contribution in [0.1, 0.15) is 36.3 Å². The van der Waals surface area contributed by atoms with Crippen LogP contribution in [0.4, 0.5) is 4.39 Å². The molecule has 0 aliphatic carbocycles. The molecular weight excluding hydrogens is 514 g/mol. The van der Waals surface area contributed by atoms with Crippen LogP contribution in [0.15, 0.2) is 32.1 Å². The summed E-state index contributed by atoms with van der Waals surface area (Å²) in [6.45, 7) is 7.65. The van der Waals surface area contributed by atoms with E-state index in [1.165, 1.54) is 6.07 Å². The maximum Gasteiger partial charge on any atom is 0.216 e. The van der Waals surface area contributed by atoms with Crippen molar-refractivity contribution in [1.29, 1.82) is 0 Å². The molecular formula is C18H25BrFIN4O. The molecule has 2 rings (SSSR count). The Hall–Kier alpha value is -1.16. The molecule has 2 aromatic rings. The number of benzene rings is 1. The Labute approximate surface area is 179 Å². The van der Waals surface area contributed by atoms with E-state index in [0.29, 0.717) is 31.4 Å². The number of aryl methyl sites for hydroxylation is 3. The van der Waals surface area contributed by atoms with E-state index in [1.54, 1.807) is 0 Å². The fourth-order valence-corrected chi connectivity index (χ4v) is 2.64. The van der Waals surface area contributed by atoms with Gasteiger partial charge in [-0.3, -0.25) is 0 Å². The molecule has 0 spiro atoms. The van der Waals surface area contributed by atoms with Crippen molar-refractivity contribution >= 4 is 45.9 Å². The highest BCUT2D eigenvalue weighted by molar-refractivity contribution is 14.0. The fraction of sp³-hybridized carbons (Fsp3) is 0.444. The minimum Gasteiger partial charge on any atom is -0.444 e. The number of oxazole rings is 1. The number of halogens is 3. The predicted octanol–water partition coefficient (Wildman–Crippen LogP) is 4.50. The summed E-state index contributed by atoms with van der Waals surface area (Å²) >= 11 is 3.27. The van der Waals surface area contributed by atoms with Gasteiger partial charge in [-0.2, -0.15) is 0 Å². The molecule has 1 aromatic heterocycles. The first kappa shape index (κ1) is 22.9. The molecule has 0 unspecified atom stereocenters. The maximum atomic E-state index is 13.8. The Morgan fingerprint density at radius 2 is 2.08 bits per heavy atom.